The molecule has 0 radical (unpaired) electrons. The van der Waals surface area contributed by atoms with Gasteiger partial charge in [0.2, 0.25) is 0 Å². The molecule has 5 nitrogen and oxygen atoms in total. The zero-order valence-corrected chi connectivity index (χ0v) is 13.0. The summed E-state index contributed by atoms with van der Waals surface area (Å²) in [6.45, 7) is 11.9. The monoisotopic (exact) mass is 282 g/mol. The lowest BCUT2D eigenvalue weighted by molar-refractivity contribution is 0.0676. The molecule has 2 rings (SSSR count). The summed E-state index contributed by atoms with van der Waals surface area (Å²) in [5.41, 5.74) is 0.657. The zero-order valence-electron chi connectivity index (χ0n) is 12.2. The molecule has 1 aromatic rings. The second-order valence-electron chi connectivity index (χ2n) is 6.38. The van der Waals surface area contributed by atoms with Gasteiger partial charge in [0.15, 0.2) is 0 Å². The van der Waals surface area contributed by atoms with E-state index < -0.39 is 0 Å². The maximum Gasteiger partial charge on any atom is 0.267 e. The average Bonchev–Trinajstić information content (AvgIpc) is 2.74. The quantitative estimate of drug-likeness (QED) is 0.851. The van der Waals surface area contributed by atoms with Gasteiger partial charge < -0.3 is 10.2 Å². The first-order valence-electron chi connectivity index (χ1n) is 6.67. The Kier molecular flexibility index (Phi) is 3.92. The molecule has 1 fully saturated rings. The Bertz CT molecular complexity index is 455. The Balaban J connectivity index is 2.23. The number of nitrogens with zero attached hydrogens (tertiary/aromatic N) is 3. The lowest BCUT2D eigenvalue weighted by atomic mass is 9.91. The summed E-state index contributed by atoms with van der Waals surface area (Å²) >= 11 is 1.21. The van der Waals surface area contributed by atoms with Crippen LogP contribution < -0.4 is 5.32 Å². The van der Waals surface area contributed by atoms with Crippen LogP contribution in [0.4, 0.5) is 0 Å². The fourth-order valence-electron chi connectivity index (χ4n) is 2.46. The van der Waals surface area contributed by atoms with Gasteiger partial charge in [-0.15, -0.1) is 5.10 Å². The molecular formula is C13H22N4OS. The van der Waals surface area contributed by atoms with Crippen molar-refractivity contribution in [3.05, 3.63) is 10.6 Å². The lowest BCUT2D eigenvalue weighted by Crippen LogP contribution is -2.55. The maximum atomic E-state index is 12.6. The van der Waals surface area contributed by atoms with Gasteiger partial charge in [-0.25, -0.2) is 0 Å². The van der Waals surface area contributed by atoms with Crippen molar-refractivity contribution in [2.45, 2.75) is 52.1 Å². The van der Waals surface area contributed by atoms with Crippen LogP contribution in [0.5, 0.6) is 0 Å². The molecular weight excluding hydrogens is 260 g/mol. The summed E-state index contributed by atoms with van der Waals surface area (Å²) < 4.78 is 3.97. The predicted octanol–water partition coefficient (Wildman–Crippen LogP) is 1.66. The molecule has 0 aliphatic carbocycles. The molecule has 2 atom stereocenters. The van der Waals surface area contributed by atoms with Gasteiger partial charge in [0.25, 0.3) is 5.91 Å². The number of carbonyl (C=O) groups excluding carboxylic acids is 1. The van der Waals surface area contributed by atoms with E-state index in [1.165, 1.54) is 11.5 Å². The van der Waals surface area contributed by atoms with Crippen LogP contribution in [0.2, 0.25) is 0 Å². The van der Waals surface area contributed by atoms with E-state index in [9.17, 15) is 4.79 Å². The molecule has 0 bridgehead atoms. The SMILES string of the molecule is CC1CN(C(=O)c2snnc2C(C)(C)C)CC(C)N1. The van der Waals surface area contributed by atoms with Crippen LogP contribution in [-0.4, -0.2) is 45.6 Å². The molecule has 1 saturated heterocycles. The van der Waals surface area contributed by atoms with Crippen molar-refractivity contribution >= 4 is 17.4 Å². The topological polar surface area (TPSA) is 58.1 Å². The fraction of sp³-hybridized carbons (Fsp3) is 0.769. The van der Waals surface area contributed by atoms with E-state index in [2.05, 4.69) is 49.5 Å². The van der Waals surface area contributed by atoms with Crippen LogP contribution >= 0.6 is 11.5 Å². The summed E-state index contributed by atoms with van der Waals surface area (Å²) in [5.74, 6) is 0.0696. The third-order valence-electron chi connectivity index (χ3n) is 3.24. The smallest absolute Gasteiger partial charge is 0.267 e. The van der Waals surface area contributed by atoms with Crippen LogP contribution in [0.25, 0.3) is 0 Å². The highest BCUT2D eigenvalue weighted by Crippen LogP contribution is 2.27. The summed E-state index contributed by atoms with van der Waals surface area (Å²) in [6, 6.07) is 0.651. The highest BCUT2D eigenvalue weighted by atomic mass is 32.1. The number of hydrogen-bond acceptors (Lipinski definition) is 5. The number of piperazine rings is 1. The predicted molar refractivity (Wildman–Crippen MR) is 76.6 cm³/mol. The first kappa shape index (κ1) is 14.4. The van der Waals surface area contributed by atoms with Gasteiger partial charge in [0.1, 0.15) is 4.88 Å². The van der Waals surface area contributed by atoms with Gasteiger partial charge >= 0.3 is 0 Å². The van der Waals surface area contributed by atoms with Crippen molar-refractivity contribution in [1.29, 1.82) is 0 Å². The second-order valence-corrected chi connectivity index (χ2v) is 7.13. The van der Waals surface area contributed by atoms with Crippen LogP contribution in [-0.2, 0) is 5.41 Å². The van der Waals surface area contributed by atoms with Gasteiger partial charge in [0, 0.05) is 30.6 Å². The summed E-state index contributed by atoms with van der Waals surface area (Å²) in [4.78, 5) is 15.2. The molecule has 2 heterocycles. The standard InChI is InChI=1S/C13H22N4OS/c1-8-6-17(7-9(2)14-8)12(18)10-11(13(3,4)5)15-16-19-10/h8-9,14H,6-7H2,1-5H3. The lowest BCUT2D eigenvalue weighted by Gasteiger charge is -2.36. The van der Waals surface area contributed by atoms with E-state index in [4.69, 9.17) is 0 Å². The molecule has 19 heavy (non-hydrogen) atoms. The fourth-order valence-corrected chi connectivity index (χ4v) is 3.30. The summed E-state index contributed by atoms with van der Waals surface area (Å²) in [7, 11) is 0. The minimum absolute atomic E-state index is 0.0696. The van der Waals surface area contributed by atoms with Crippen molar-refractivity contribution in [2.24, 2.45) is 0 Å². The van der Waals surface area contributed by atoms with E-state index in [0.717, 1.165) is 18.8 Å². The number of carbonyl (C=O) groups is 1. The first-order chi connectivity index (χ1) is 8.79. The normalized spacial score (nSPS) is 24.6. The van der Waals surface area contributed by atoms with E-state index in [1.807, 2.05) is 4.90 Å². The number of nitrogens with one attached hydrogen (secondary N) is 1. The van der Waals surface area contributed by atoms with E-state index in [-0.39, 0.29) is 11.3 Å². The molecule has 106 valence electrons. The van der Waals surface area contributed by atoms with Crippen molar-refractivity contribution in [2.75, 3.05) is 13.1 Å². The molecule has 1 aromatic heterocycles. The average molecular weight is 282 g/mol. The number of amides is 1. The Morgan fingerprint density at radius 1 is 1.32 bits per heavy atom. The molecule has 0 saturated carbocycles. The molecule has 0 aromatic carbocycles. The van der Waals surface area contributed by atoms with Gasteiger partial charge in [-0.2, -0.15) is 0 Å². The second kappa shape index (κ2) is 5.17. The zero-order chi connectivity index (χ0) is 14.2. The van der Waals surface area contributed by atoms with Crippen LogP contribution in [0.15, 0.2) is 0 Å². The molecule has 0 spiro atoms. The van der Waals surface area contributed by atoms with Crippen molar-refractivity contribution in [1.82, 2.24) is 19.8 Å². The van der Waals surface area contributed by atoms with Gasteiger partial charge in [-0.3, -0.25) is 4.79 Å². The molecule has 1 aliphatic heterocycles. The van der Waals surface area contributed by atoms with Crippen LogP contribution in [0.3, 0.4) is 0 Å². The van der Waals surface area contributed by atoms with Crippen LogP contribution in [0.1, 0.15) is 50.0 Å². The minimum Gasteiger partial charge on any atom is -0.335 e. The Morgan fingerprint density at radius 3 is 2.42 bits per heavy atom. The Hall–Kier alpha value is -1.01. The number of rotatable bonds is 1. The minimum atomic E-state index is -0.150. The highest BCUT2D eigenvalue weighted by molar-refractivity contribution is 7.08. The highest BCUT2D eigenvalue weighted by Gasteiger charge is 2.32. The van der Waals surface area contributed by atoms with Gasteiger partial charge in [-0.05, 0) is 25.4 Å². The van der Waals surface area contributed by atoms with E-state index >= 15 is 0 Å². The molecule has 1 amide bonds. The third kappa shape index (κ3) is 3.12. The number of hydrogen-bond donors (Lipinski definition) is 1. The molecule has 2 unspecified atom stereocenters. The molecule has 1 aliphatic rings. The van der Waals surface area contributed by atoms with Crippen molar-refractivity contribution < 1.29 is 4.79 Å². The molecule has 6 heteroatoms. The van der Waals surface area contributed by atoms with Crippen molar-refractivity contribution in [3.63, 3.8) is 0 Å². The summed E-state index contributed by atoms with van der Waals surface area (Å²) in [5, 5.41) is 7.58. The van der Waals surface area contributed by atoms with Gasteiger partial charge in [-0.1, -0.05) is 25.3 Å². The largest absolute Gasteiger partial charge is 0.335 e. The van der Waals surface area contributed by atoms with E-state index in [0.29, 0.717) is 17.0 Å². The third-order valence-corrected chi connectivity index (χ3v) is 3.95. The maximum absolute atomic E-state index is 12.6. The number of aromatic nitrogens is 2. The Labute approximate surface area is 118 Å². The van der Waals surface area contributed by atoms with Crippen molar-refractivity contribution in [3.8, 4) is 0 Å². The summed E-state index contributed by atoms with van der Waals surface area (Å²) in [6.07, 6.45) is 0. The van der Waals surface area contributed by atoms with Gasteiger partial charge in [0.05, 0.1) is 5.69 Å². The van der Waals surface area contributed by atoms with E-state index in [1.54, 1.807) is 0 Å². The molecule has 1 N–H and O–H groups in total. The Morgan fingerprint density at radius 2 is 1.89 bits per heavy atom. The van der Waals surface area contributed by atoms with Crippen LogP contribution in [0, 0.1) is 0 Å². The first-order valence-corrected chi connectivity index (χ1v) is 7.44.